The molecule has 9 heteroatoms. The number of ketones is 1. The van der Waals surface area contributed by atoms with Crippen LogP contribution >= 0.6 is 15.9 Å². The third-order valence-corrected chi connectivity index (χ3v) is 5.56. The fourth-order valence-corrected chi connectivity index (χ4v) is 3.98. The van der Waals surface area contributed by atoms with Crippen molar-refractivity contribution < 1.29 is 14.7 Å². The summed E-state index contributed by atoms with van der Waals surface area (Å²) in [5, 5.41) is 15.6. The van der Waals surface area contributed by atoms with Crippen LogP contribution in [0.4, 0.5) is 22.0 Å². The minimum Gasteiger partial charge on any atom is -0.465 e. The number of Topliss-reactive ketones (excluding diaryl/α,β-unsaturated/α-hetero) is 1. The van der Waals surface area contributed by atoms with Crippen molar-refractivity contribution in [3.8, 4) is 0 Å². The highest BCUT2D eigenvalue weighted by atomic mass is 79.9. The van der Waals surface area contributed by atoms with Crippen LogP contribution in [0, 0.1) is 0 Å². The molecule has 0 radical (unpaired) electrons. The van der Waals surface area contributed by atoms with Gasteiger partial charge < -0.3 is 20.6 Å². The second kappa shape index (κ2) is 8.27. The molecule has 2 aromatic heterocycles. The summed E-state index contributed by atoms with van der Waals surface area (Å²) < 4.78 is 0.896. The first-order valence-electron chi connectivity index (χ1n) is 9.47. The summed E-state index contributed by atoms with van der Waals surface area (Å²) in [5.41, 5.74) is 2.72. The van der Waals surface area contributed by atoms with Crippen molar-refractivity contribution in [1.82, 2.24) is 15.3 Å². The van der Waals surface area contributed by atoms with Crippen LogP contribution in [0.3, 0.4) is 0 Å². The monoisotopic (exact) mass is 469 g/mol. The fourth-order valence-electron chi connectivity index (χ4n) is 3.62. The van der Waals surface area contributed by atoms with E-state index in [2.05, 4.69) is 36.5 Å². The van der Waals surface area contributed by atoms with Crippen LogP contribution in [0.25, 0.3) is 10.9 Å². The summed E-state index contributed by atoms with van der Waals surface area (Å²) in [5.74, 6) is 0.704. The Bertz CT molecular complexity index is 1120. The highest BCUT2D eigenvalue weighted by molar-refractivity contribution is 9.10. The minimum absolute atomic E-state index is 0.0782. The summed E-state index contributed by atoms with van der Waals surface area (Å²) in [6.45, 7) is 2.84. The smallest absolute Gasteiger partial charge is 0.404 e. The van der Waals surface area contributed by atoms with Gasteiger partial charge in [-0.3, -0.25) is 9.78 Å². The van der Waals surface area contributed by atoms with Crippen molar-refractivity contribution in [1.29, 1.82) is 0 Å². The van der Waals surface area contributed by atoms with Gasteiger partial charge in [-0.15, -0.1) is 0 Å². The Hall–Kier alpha value is -3.20. The van der Waals surface area contributed by atoms with E-state index in [1.807, 2.05) is 35.2 Å². The molecule has 1 aromatic carbocycles. The molecule has 3 heterocycles. The lowest BCUT2D eigenvalue weighted by Gasteiger charge is -2.18. The van der Waals surface area contributed by atoms with Crippen LogP contribution in [0.5, 0.6) is 0 Å². The number of hydrogen-bond acceptors (Lipinski definition) is 6. The van der Waals surface area contributed by atoms with Gasteiger partial charge in [-0.05, 0) is 43.7 Å². The van der Waals surface area contributed by atoms with Gasteiger partial charge in [-0.2, -0.15) is 0 Å². The van der Waals surface area contributed by atoms with Crippen LogP contribution < -0.4 is 15.5 Å². The molecule has 1 fully saturated rings. The molecule has 8 nitrogen and oxygen atoms in total. The van der Waals surface area contributed by atoms with Gasteiger partial charge in [0.25, 0.3) is 0 Å². The van der Waals surface area contributed by atoms with Gasteiger partial charge in [0.2, 0.25) is 0 Å². The molecule has 0 saturated carbocycles. The van der Waals surface area contributed by atoms with Crippen LogP contribution in [0.15, 0.2) is 47.2 Å². The molecule has 0 spiro atoms. The number of nitrogens with zero attached hydrogens (tertiary/aromatic N) is 3. The zero-order chi connectivity index (χ0) is 21.3. The maximum absolute atomic E-state index is 12.2. The normalized spacial score (nSPS) is 15.9. The number of benzene rings is 1. The Morgan fingerprint density at radius 2 is 2.03 bits per heavy atom. The van der Waals surface area contributed by atoms with E-state index in [1.165, 1.54) is 6.92 Å². The van der Waals surface area contributed by atoms with Gasteiger partial charge in [0.05, 0.1) is 34.7 Å². The molecule has 1 aliphatic rings. The largest absolute Gasteiger partial charge is 0.465 e. The lowest BCUT2D eigenvalue weighted by Crippen LogP contribution is -2.36. The third-order valence-electron chi connectivity index (χ3n) is 5.07. The number of carbonyl (C=O) groups excluding carboxylic acids is 1. The quantitative estimate of drug-likeness (QED) is 0.480. The first-order chi connectivity index (χ1) is 14.4. The van der Waals surface area contributed by atoms with E-state index in [9.17, 15) is 9.59 Å². The number of amides is 1. The van der Waals surface area contributed by atoms with Crippen LogP contribution in [-0.4, -0.2) is 46.1 Å². The van der Waals surface area contributed by atoms with Crippen molar-refractivity contribution in [2.75, 3.05) is 23.3 Å². The second-order valence-electron chi connectivity index (χ2n) is 7.18. The SMILES string of the molecule is CC(=O)c1cnc2ccc(Br)cc2c1Nc1ccc(N2CCC(NC(=O)O)C2)nc1. The number of carboxylic acid groups (broad SMARTS) is 1. The zero-order valence-corrected chi connectivity index (χ0v) is 17.8. The molecule has 154 valence electrons. The van der Waals surface area contributed by atoms with Crippen LogP contribution in [0.2, 0.25) is 0 Å². The maximum Gasteiger partial charge on any atom is 0.404 e. The third kappa shape index (κ3) is 4.20. The maximum atomic E-state index is 12.2. The number of nitrogens with one attached hydrogen (secondary N) is 2. The highest BCUT2D eigenvalue weighted by Crippen LogP contribution is 2.31. The van der Waals surface area contributed by atoms with Gasteiger partial charge in [0.15, 0.2) is 5.78 Å². The molecule has 1 saturated heterocycles. The number of fused-ring (bicyclic) bond motifs is 1. The van der Waals surface area contributed by atoms with Crippen molar-refractivity contribution >= 4 is 55.9 Å². The van der Waals surface area contributed by atoms with Crippen molar-refractivity contribution in [3.05, 3.63) is 52.8 Å². The van der Waals surface area contributed by atoms with Gasteiger partial charge in [-0.25, -0.2) is 9.78 Å². The lowest BCUT2D eigenvalue weighted by atomic mass is 10.1. The van der Waals surface area contributed by atoms with E-state index in [0.29, 0.717) is 17.8 Å². The molecule has 1 atom stereocenters. The summed E-state index contributed by atoms with van der Waals surface area (Å²) >= 11 is 3.48. The van der Waals surface area contributed by atoms with E-state index in [1.54, 1.807) is 12.4 Å². The summed E-state index contributed by atoms with van der Waals surface area (Å²) in [4.78, 5) is 33.9. The van der Waals surface area contributed by atoms with Gasteiger partial charge >= 0.3 is 6.09 Å². The van der Waals surface area contributed by atoms with Crippen molar-refractivity contribution in [3.63, 3.8) is 0 Å². The summed E-state index contributed by atoms with van der Waals surface area (Å²) in [7, 11) is 0. The predicted molar refractivity (Wildman–Crippen MR) is 119 cm³/mol. The number of halogens is 1. The standard InChI is InChI=1S/C21H20BrN5O3/c1-12(28)17-10-23-18-4-2-13(22)8-16(18)20(17)25-14-3-5-19(24-9-14)27-7-6-15(11-27)26-21(29)30/h2-5,8-10,15,26H,6-7,11H2,1H3,(H,23,25)(H,29,30). The number of aromatic nitrogens is 2. The number of pyridine rings is 2. The Morgan fingerprint density at radius 1 is 1.20 bits per heavy atom. The summed E-state index contributed by atoms with van der Waals surface area (Å²) in [6.07, 6.45) is 3.03. The van der Waals surface area contributed by atoms with E-state index in [-0.39, 0.29) is 11.8 Å². The Labute approximate surface area is 181 Å². The predicted octanol–water partition coefficient (Wildman–Crippen LogP) is 4.18. The van der Waals surface area contributed by atoms with Gasteiger partial charge in [0, 0.05) is 29.1 Å². The Kier molecular flexibility index (Phi) is 5.54. The van der Waals surface area contributed by atoms with Crippen LogP contribution in [0.1, 0.15) is 23.7 Å². The molecule has 1 amide bonds. The first-order valence-corrected chi connectivity index (χ1v) is 10.3. The molecule has 0 bridgehead atoms. The van der Waals surface area contributed by atoms with E-state index < -0.39 is 6.09 Å². The van der Waals surface area contributed by atoms with E-state index in [0.717, 1.165) is 39.8 Å². The molecule has 3 N–H and O–H groups in total. The molecular weight excluding hydrogens is 450 g/mol. The van der Waals surface area contributed by atoms with Crippen molar-refractivity contribution in [2.45, 2.75) is 19.4 Å². The van der Waals surface area contributed by atoms with E-state index >= 15 is 0 Å². The second-order valence-corrected chi connectivity index (χ2v) is 8.09. The van der Waals surface area contributed by atoms with Gasteiger partial charge in [-0.1, -0.05) is 15.9 Å². The minimum atomic E-state index is -1.01. The number of rotatable bonds is 5. The average Bonchev–Trinajstić information content (AvgIpc) is 3.16. The van der Waals surface area contributed by atoms with Crippen molar-refractivity contribution in [2.24, 2.45) is 0 Å². The summed E-state index contributed by atoms with van der Waals surface area (Å²) in [6, 6.07) is 9.42. The molecule has 1 unspecified atom stereocenters. The Morgan fingerprint density at radius 3 is 2.73 bits per heavy atom. The topological polar surface area (TPSA) is 107 Å². The average molecular weight is 470 g/mol. The molecule has 1 aliphatic heterocycles. The van der Waals surface area contributed by atoms with Crippen LogP contribution in [-0.2, 0) is 0 Å². The molecular formula is C21H20BrN5O3. The van der Waals surface area contributed by atoms with E-state index in [4.69, 9.17) is 5.11 Å². The van der Waals surface area contributed by atoms with Gasteiger partial charge in [0.1, 0.15) is 5.82 Å². The number of carbonyl (C=O) groups is 2. The fraction of sp³-hybridized carbons (Fsp3) is 0.238. The highest BCUT2D eigenvalue weighted by Gasteiger charge is 2.24. The number of anilines is 3. The Balaban J connectivity index is 1.59. The molecule has 30 heavy (non-hydrogen) atoms. The first kappa shape index (κ1) is 20.1. The molecule has 3 aromatic rings. The zero-order valence-electron chi connectivity index (χ0n) is 16.2. The molecule has 4 rings (SSSR count). The molecule has 0 aliphatic carbocycles. The number of hydrogen-bond donors (Lipinski definition) is 3. The lowest BCUT2D eigenvalue weighted by molar-refractivity contribution is 0.101.